The molecule has 2 aliphatic carbocycles. The van der Waals surface area contributed by atoms with Gasteiger partial charge in [-0.3, -0.25) is 0 Å². The van der Waals surface area contributed by atoms with Gasteiger partial charge in [0.1, 0.15) is 0 Å². The lowest BCUT2D eigenvalue weighted by atomic mass is 9.66. The summed E-state index contributed by atoms with van der Waals surface area (Å²) in [5.41, 5.74) is 5.94. The summed E-state index contributed by atoms with van der Waals surface area (Å²) in [6.07, 6.45) is 7.73. The number of nitrogens with one attached hydrogen (secondary N) is 1. The average molecular weight is 295 g/mol. The first-order valence-electron chi connectivity index (χ1n) is 8.50. The Kier molecular flexibility index (Phi) is 3.91. The molecule has 0 bridgehead atoms. The van der Waals surface area contributed by atoms with Crippen molar-refractivity contribution in [3.8, 4) is 0 Å². The molecule has 0 aromatic carbocycles. The molecule has 0 radical (unpaired) electrons. The average Bonchev–Trinajstić information content (AvgIpc) is 2.79. The van der Waals surface area contributed by atoms with E-state index in [1.807, 2.05) is 11.8 Å². The SMILES string of the molecule is CCC1(O)CCC(NC(=O)N2CC(N)C3(CCC3)C2)CC1. The van der Waals surface area contributed by atoms with Crippen molar-refractivity contribution in [2.24, 2.45) is 11.1 Å². The molecule has 5 nitrogen and oxygen atoms in total. The molecule has 1 saturated heterocycles. The summed E-state index contributed by atoms with van der Waals surface area (Å²) in [5.74, 6) is 0. The van der Waals surface area contributed by atoms with E-state index in [0.717, 1.165) is 38.6 Å². The number of carbonyl (C=O) groups is 1. The van der Waals surface area contributed by atoms with Gasteiger partial charge in [0, 0.05) is 30.6 Å². The first-order chi connectivity index (χ1) is 9.96. The number of nitrogens with zero attached hydrogens (tertiary/aromatic N) is 1. The Morgan fingerprint density at radius 1 is 1.33 bits per heavy atom. The third-order valence-corrected chi connectivity index (χ3v) is 6.25. The third kappa shape index (κ3) is 2.78. The van der Waals surface area contributed by atoms with Crippen LogP contribution in [0.2, 0.25) is 0 Å². The van der Waals surface area contributed by atoms with E-state index < -0.39 is 5.60 Å². The van der Waals surface area contributed by atoms with E-state index in [4.69, 9.17) is 5.73 Å². The number of amides is 2. The maximum atomic E-state index is 12.4. The minimum Gasteiger partial charge on any atom is -0.390 e. The molecule has 5 heteroatoms. The molecule has 120 valence electrons. The van der Waals surface area contributed by atoms with Crippen LogP contribution in [0, 0.1) is 5.41 Å². The van der Waals surface area contributed by atoms with Gasteiger partial charge in [-0.2, -0.15) is 0 Å². The summed E-state index contributed by atoms with van der Waals surface area (Å²) >= 11 is 0. The van der Waals surface area contributed by atoms with Gasteiger partial charge < -0.3 is 21.1 Å². The molecular weight excluding hydrogens is 266 g/mol. The predicted octanol–water partition coefficient (Wildman–Crippen LogP) is 1.59. The van der Waals surface area contributed by atoms with Crippen molar-refractivity contribution in [1.82, 2.24) is 10.2 Å². The Morgan fingerprint density at radius 2 is 2.00 bits per heavy atom. The van der Waals surface area contributed by atoms with Crippen molar-refractivity contribution >= 4 is 6.03 Å². The third-order valence-electron chi connectivity index (χ3n) is 6.25. The molecule has 2 amide bonds. The van der Waals surface area contributed by atoms with Gasteiger partial charge in [0.15, 0.2) is 0 Å². The van der Waals surface area contributed by atoms with Crippen LogP contribution in [0.3, 0.4) is 0 Å². The molecule has 3 fully saturated rings. The zero-order chi connectivity index (χ0) is 15.1. The van der Waals surface area contributed by atoms with Crippen LogP contribution in [0.15, 0.2) is 0 Å². The highest BCUT2D eigenvalue weighted by Gasteiger charge is 2.50. The summed E-state index contributed by atoms with van der Waals surface area (Å²) in [4.78, 5) is 14.3. The van der Waals surface area contributed by atoms with Gasteiger partial charge in [-0.1, -0.05) is 13.3 Å². The Hall–Kier alpha value is -0.810. The fraction of sp³-hybridized carbons (Fsp3) is 0.938. The van der Waals surface area contributed by atoms with Crippen molar-refractivity contribution < 1.29 is 9.90 Å². The number of carbonyl (C=O) groups excluding carboxylic acids is 1. The standard InChI is InChI=1S/C16H29N3O2/c1-2-16(21)8-4-12(5-9-16)18-14(20)19-10-13(17)15(11-19)6-3-7-15/h12-13,21H,2-11,17H2,1H3,(H,18,20). The van der Waals surface area contributed by atoms with E-state index in [-0.39, 0.29) is 23.5 Å². The highest BCUT2D eigenvalue weighted by atomic mass is 16.3. The van der Waals surface area contributed by atoms with Crippen LogP contribution in [0.5, 0.6) is 0 Å². The van der Waals surface area contributed by atoms with Crippen molar-refractivity contribution in [3.63, 3.8) is 0 Å². The van der Waals surface area contributed by atoms with Crippen LogP contribution in [0.25, 0.3) is 0 Å². The first-order valence-corrected chi connectivity index (χ1v) is 8.50. The van der Waals surface area contributed by atoms with E-state index in [2.05, 4.69) is 5.32 Å². The van der Waals surface area contributed by atoms with Crippen molar-refractivity contribution in [2.45, 2.75) is 76.0 Å². The van der Waals surface area contributed by atoms with Gasteiger partial charge >= 0.3 is 6.03 Å². The lowest BCUT2D eigenvalue weighted by molar-refractivity contribution is -0.00620. The van der Waals surface area contributed by atoms with E-state index >= 15 is 0 Å². The summed E-state index contributed by atoms with van der Waals surface area (Å²) in [6, 6.07) is 0.396. The smallest absolute Gasteiger partial charge is 0.317 e. The molecule has 2 saturated carbocycles. The Morgan fingerprint density at radius 3 is 2.48 bits per heavy atom. The van der Waals surface area contributed by atoms with E-state index in [0.29, 0.717) is 6.54 Å². The van der Waals surface area contributed by atoms with Gasteiger partial charge in [-0.15, -0.1) is 0 Å². The first kappa shape index (κ1) is 15.1. The van der Waals surface area contributed by atoms with Gasteiger partial charge in [0.05, 0.1) is 5.60 Å². The lowest BCUT2D eigenvalue weighted by Gasteiger charge is -2.41. The van der Waals surface area contributed by atoms with Crippen LogP contribution < -0.4 is 11.1 Å². The molecule has 1 spiro atoms. The second-order valence-electron chi connectivity index (χ2n) is 7.50. The Balaban J connectivity index is 1.49. The number of nitrogens with two attached hydrogens (primary N) is 1. The normalized spacial score (nSPS) is 38.3. The quantitative estimate of drug-likeness (QED) is 0.724. The second-order valence-corrected chi connectivity index (χ2v) is 7.50. The van der Waals surface area contributed by atoms with E-state index in [9.17, 15) is 9.90 Å². The van der Waals surface area contributed by atoms with E-state index in [1.165, 1.54) is 19.3 Å². The summed E-state index contributed by atoms with van der Waals surface area (Å²) in [5, 5.41) is 13.4. The van der Waals surface area contributed by atoms with Gasteiger partial charge in [0.25, 0.3) is 0 Å². The van der Waals surface area contributed by atoms with Crippen LogP contribution in [-0.2, 0) is 0 Å². The van der Waals surface area contributed by atoms with Crippen LogP contribution in [-0.4, -0.2) is 46.8 Å². The summed E-state index contributed by atoms with van der Waals surface area (Å²) in [7, 11) is 0. The maximum Gasteiger partial charge on any atom is 0.317 e. The van der Waals surface area contributed by atoms with Crippen molar-refractivity contribution in [2.75, 3.05) is 13.1 Å². The highest BCUT2D eigenvalue weighted by molar-refractivity contribution is 5.75. The molecule has 1 heterocycles. The number of hydrogen-bond donors (Lipinski definition) is 3. The van der Waals surface area contributed by atoms with Crippen LogP contribution in [0.1, 0.15) is 58.3 Å². The molecule has 0 aromatic rings. The largest absolute Gasteiger partial charge is 0.390 e. The molecule has 1 atom stereocenters. The highest BCUT2D eigenvalue weighted by Crippen LogP contribution is 2.47. The molecule has 4 N–H and O–H groups in total. The molecule has 0 aromatic heterocycles. The monoisotopic (exact) mass is 295 g/mol. The summed E-state index contributed by atoms with van der Waals surface area (Å²) < 4.78 is 0. The maximum absolute atomic E-state index is 12.4. The minimum absolute atomic E-state index is 0.0427. The fourth-order valence-electron chi connectivity index (χ4n) is 4.23. The number of hydrogen-bond acceptors (Lipinski definition) is 3. The number of aliphatic hydroxyl groups is 1. The fourth-order valence-corrected chi connectivity index (χ4v) is 4.23. The number of urea groups is 1. The van der Waals surface area contributed by atoms with Crippen molar-refractivity contribution in [3.05, 3.63) is 0 Å². The van der Waals surface area contributed by atoms with Crippen LogP contribution in [0.4, 0.5) is 4.79 Å². The summed E-state index contributed by atoms with van der Waals surface area (Å²) in [6.45, 7) is 3.55. The zero-order valence-electron chi connectivity index (χ0n) is 13.1. The Bertz CT molecular complexity index is 400. The van der Waals surface area contributed by atoms with Crippen LogP contribution >= 0.6 is 0 Å². The van der Waals surface area contributed by atoms with Gasteiger partial charge in [-0.25, -0.2) is 4.79 Å². The van der Waals surface area contributed by atoms with E-state index in [1.54, 1.807) is 0 Å². The molecule has 1 aliphatic heterocycles. The molecule has 1 unspecified atom stereocenters. The number of rotatable bonds is 2. The Labute approximate surface area is 127 Å². The molecule has 3 aliphatic rings. The zero-order valence-corrected chi connectivity index (χ0v) is 13.1. The van der Waals surface area contributed by atoms with Gasteiger partial charge in [-0.05, 0) is 44.9 Å². The van der Waals surface area contributed by atoms with Crippen molar-refractivity contribution in [1.29, 1.82) is 0 Å². The second kappa shape index (κ2) is 5.43. The van der Waals surface area contributed by atoms with Gasteiger partial charge in [0.2, 0.25) is 0 Å². The topological polar surface area (TPSA) is 78.6 Å². The predicted molar refractivity (Wildman–Crippen MR) is 81.9 cm³/mol. The molecule has 3 rings (SSSR count). The molecule has 21 heavy (non-hydrogen) atoms. The minimum atomic E-state index is -0.507. The number of likely N-dealkylation sites (tertiary alicyclic amines) is 1. The molecular formula is C16H29N3O2. The lowest BCUT2D eigenvalue weighted by Crippen LogP contribution is -2.48.